The zero-order valence-corrected chi connectivity index (χ0v) is 37.0. The number of nitrogens with one attached hydrogen (secondary N) is 4. The van der Waals surface area contributed by atoms with Crippen LogP contribution >= 0.6 is 12.4 Å². The number of rotatable bonds is 16. The Morgan fingerprint density at radius 2 is 1.54 bits per heavy atom. The highest BCUT2D eigenvalue weighted by atomic mass is 35.5. The lowest BCUT2D eigenvalue weighted by atomic mass is 9.81. The lowest BCUT2D eigenvalue weighted by Gasteiger charge is -2.35. The fourth-order valence-corrected chi connectivity index (χ4v) is 8.09. The number of nitrogens with two attached hydrogens (primary N) is 1. The number of carboxylic acids is 1. The molecule has 4 amide bonds. The molecule has 2 aliphatic rings. The molecule has 0 radical (unpaired) electrons. The number of aliphatic carboxylic acids is 1. The standard InChI is InChI=1S/C45H53F4N9O6.ClH/c1-26-22-32(39(60)51-25-37(59)58-20-18-34(19-21-58)57(2)3)14-17-35(26)29-8-4-27(5-9-29)23-36(53-40(61)31-10-6-28(24-50)7-11-31)41(62)52-33-15-12-30(13-16-33)38-54-42(56-55-38)44(46,47)45(48,49)43(63)64;/h4-5,8-9,12-17,22,28,31,34,36H,6-7,10-11,18-21,23-25,50H2,1-3H3,(H,51,60)(H,52,62)(H,53,61)(H,63,64)(H,54,55,56);1H/t28?,31?,36-;/m0./s1. The fraction of sp³-hybridized carbons (Fsp3) is 0.444. The Morgan fingerprint density at radius 1 is 0.908 bits per heavy atom. The number of aromatic amines is 1. The molecular formula is C45H54ClF4N9O6. The van der Waals surface area contributed by atoms with Gasteiger partial charge in [0.25, 0.3) is 5.91 Å². The van der Waals surface area contributed by atoms with E-state index in [-0.39, 0.29) is 60.3 Å². The van der Waals surface area contributed by atoms with Crippen LogP contribution in [0.15, 0.2) is 66.7 Å². The lowest BCUT2D eigenvalue weighted by Crippen LogP contribution is -2.48. The highest BCUT2D eigenvalue weighted by Gasteiger charge is 2.65. The highest BCUT2D eigenvalue weighted by Crippen LogP contribution is 2.42. The van der Waals surface area contributed by atoms with Gasteiger partial charge in [0.1, 0.15) is 6.04 Å². The van der Waals surface area contributed by atoms with Crippen LogP contribution < -0.4 is 21.7 Å². The van der Waals surface area contributed by atoms with E-state index in [4.69, 9.17) is 10.8 Å². The van der Waals surface area contributed by atoms with Crippen LogP contribution in [0, 0.1) is 18.8 Å². The zero-order chi connectivity index (χ0) is 46.3. The summed E-state index contributed by atoms with van der Waals surface area (Å²) in [4.78, 5) is 71.3. The van der Waals surface area contributed by atoms with Gasteiger partial charge in [0.15, 0.2) is 5.82 Å². The van der Waals surface area contributed by atoms with Crippen LogP contribution in [0.25, 0.3) is 22.5 Å². The van der Waals surface area contributed by atoms with Gasteiger partial charge in [0, 0.05) is 48.3 Å². The first-order valence-corrected chi connectivity index (χ1v) is 21.1. The van der Waals surface area contributed by atoms with Crippen molar-refractivity contribution in [2.24, 2.45) is 17.6 Å². The van der Waals surface area contributed by atoms with E-state index in [1.807, 2.05) is 51.4 Å². The molecule has 0 unspecified atom stereocenters. The number of anilines is 1. The van der Waals surface area contributed by atoms with E-state index in [2.05, 4.69) is 30.9 Å². The van der Waals surface area contributed by atoms with Crippen molar-refractivity contribution in [3.05, 3.63) is 89.2 Å². The molecule has 6 rings (SSSR count). The molecule has 1 aromatic heterocycles. The summed E-state index contributed by atoms with van der Waals surface area (Å²) in [5.74, 6) is -16.9. The molecule has 1 aliphatic heterocycles. The van der Waals surface area contributed by atoms with Gasteiger partial charge >= 0.3 is 17.8 Å². The molecule has 2 fully saturated rings. The second-order valence-corrected chi connectivity index (χ2v) is 16.7. The number of carbonyl (C=O) groups excluding carboxylic acids is 4. The number of aryl methyl sites for hydroxylation is 1. The number of benzene rings is 3. The molecule has 15 nitrogen and oxygen atoms in total. The molecule has 1 saturated carbocycles. The maximum atomic E-state index is 14.3. The molecule has 0 bridgehead atoms. The van der Waals surface area contributed by atoms with Crippen molar-refractivity contribution in [3.8, 4) is 22.5 Å². The minimum absolute atomic E-state index is 0. The van der Waals surface area contributed by atoms with Gasteiger partial charge in [-0.05, 0) is 131 Å². The Labute approximate surface area is 379 Å². The SMILES string of the molecule is Cc1cc(C(=O)NCC(=O)N2CCC(N(C)C)CC2)ccc1-c1ccc(C[C@H](NC(=O)C2CCC(CN)CC2)C(=O)Nc2ccc(-c3n[nH]c(C(F)(F)C(F)(F)C(=O)O)n3)cc2)cc1.Cl. The molecular weight excluding hydrogens is 874 g/mol. The number of H-pyrrole nitrogens is 1. The van der Waals surface area contributed by atoms with Crippen molar-refractivity contribution in [1.82, 2.24) is 35.6 Å². The molecule has 7 N–H and O–H groups in total. The summed E-state index contributed by atoms with van der Waals surface area (Å²) in [6.07, 6.45) is 4.76. The first kappa shape index (κ1) is 50.1. The molecule has 1 saturated heterocycles. The van der Waals surface area contributed by atoms with E-state index in [1.54, 1.807) is 22.1 Å². The number of halogens is 5. The first-order valence-electron chi connectivity index (χ1n) is 21.1. The molecule has 1 aliphatic carbocycles. The van der Waals surface area contributed by atoms with Crippen LogP contribution in [0.5, 0.6) is 0 Å². The van der Waals surface area contributed by atoms with Crippen molar-refractivity contribution in [2.75, 3.05) is 45.6 Å². The molecule has 350 valence electrons. The Balaban J connectivity index is 0.00000793. The van der Waals surface area contributed by atoms with E-state index < -0.39 is 41.4 Å². The quantitative estimate of drug-likeness (QED) is 0.0788. The van der Waals surface area contributed by atoms with Gasteiger partial charge in [-0.15, -0.1) is 12.4 Å². The Bertz CT molecular complexity index is 2310. The Kier molecular flexibility index (Phi) is 16.5. The van der Waals surface area contributed by atoms with Crippen LogP contribution in [0.3, 0.4) is 0 Å². The predicted octanol–water partition coefficient (Wildman–Crippen LogP) is 5.39. The van der Waals surface area contributed by atoms with E-state index in [9.17, 15) is 41.5 Å². The number of aromatic nitrogens is 3. The number of hydrogen-bond donors (Lipinski definition) is 6. The maximum absolute atomic E-state index is 14.3. The van der Waals surface area contributed by atoms with Crippen molar-refractivity contribution < 1.29 is 46.6 Å². The number of amides is 4. The van der Waals surface area contributed by atoms with Crippen molar-refractivity contribution >= 4 is 47.7 Å². The van der Waals surface area contributed by atoms with Gasteiger partial charge in [-0.2, -0.15) is 22.7 Å². The average molecular weight is 928 g/mol. The minimum Gasteiger partial charge on any atom is -0.477 e. The minimum atomic E-state index is -5.45. The summed E-state index contributed by atoms with van der Waals surface area (Å²) in [5, 5.41) is 22.3. The summed E-state index contributed by atoms with van der Waals surface area (Å²) in [6, 6.07) is 17.7. The summed E-state index contributed by atoms with van der Waals surface area (Å²) < 4.78 is 56.0. The van der Waals surface area contributed by atoms with Crippen LogP contribution in [0.1, 0.15) is 65.8 Å². The van der Waals surface area contributed by atoms with Gasteiger partial charge in [0.05, 0.1) is 6.54 Å². The molecule has 0 spiro atoms. The van der Waals surface area contributed by atoms with Crippen LogP contribution in [-0.4, -0.2) is 118 Å². The number of hydrogen-bond acceptors (Lipinski definition) is 9. The predicted molar refractivity (Wildman–Crippen MR) is 237 cm³/mol. The molecule has 1 atom stereocenters. The lowest BCUT2D eigenvalue weighted by molar-refractivity contribution is -0.231. The zero-order valence-electron chi connectivity index (χ0n) is 36.2. The molecule has 2 heterocycles. The highest BCUT2D eigenvalue weighted by molar-refractivity contribution is 5.98. The van der Waals surface area contributed by atoms with E-state index in [1.165, 1.54) is 24.3 Å². The number of piperidine rings is 1. The summed E-state index contributed by atoms with van der Waals surface area (Å²) >= 11 is 0. The average Bonchev–Trinajstić information content (AvgIpc) is 3.80. The van der Waals surface area contributed by atoms with Crippen molar-refractivity contribution in [1.29, 1.82) is 0 Å². The second kappa shape index (κ2) is 21.4. The molecule has 20 heteroatoms. The largest absolute Gasteiger partial charge is 0.477 e. The van der Waals surface area contributed by atoms with Crippen molar-refractivity contribution in [3.63, 3.8) is 0 Å². The number of alkyl halides is 4. The number of likely N-dealkylation sites (tertiary alicyclic amines) is 1. The van der Waals surface area contributed by atoms with E-state index in [0.29, 0.717) is 50.0 Å². The molecule has 65 heavy (non-hydrogen) atoms. The third kappa shape index (κ3) is 11.9. The topological polar surface area (TPSA) is 216 Å². The third-order valence-electron chi connectivity index (χ3n) is 12.2. The van der Waals surface area contributed by atoms with E-state index in [0.717, 1.165) is 47.9 Å². The normalized spacial score (nSPS) is 17.5. The maximum Gasteiger partial charge on any atom is 0.411 e. The monoisotopic (exact) mass is 927 g/mol. The smallest absolute Gasteiger partial charge is 0.411 e. The van der Waals surface area contributed by atoms with Crippen molar-refractivity contribution in [2.45, 2.75) is 75.8 Å². The van der Waals surface area contributed by atoms with Gasteiger partial charge in [0.2, 0.25) is 23.5 Å². The van der Waals surface area contributed by atoms with E-state index >= 15 is 0 Å². The Morgan fingerprint density at radius 3 is 2.12 bits per heavy atom. The van der Waals surface area contributed by atoms with Crippen LogP contribution in [-0.2, 0) is 31.5 Å². The molecule has 3 aromatic carbocycles. The van der Waals surface area contributed by atoms with Crippen LogP contribution in [0.4, 0.5) is 23.2 Å². The summed E-state index contributed by atoms with van der Waals surface area (Å²) in [6.45, 7) is 3.64. The fourth-order valence-electron chi connectivity index (χ4n) is 8.09. The summed E-state index contributed by atoms with van der Waals surface area (Å²) in [7, 11) is 4.06. The third-order valence-corrected chi connectivity index (χ3v) is 12.2. The van der Waals surface area contributed by atoms with Gasteiger partial charge in [-0.3, -0.25) is 24.3 Å². The molecule has 4 aromatic rings. The Hall–Kier alpha value is -5.92. The summed E-state index contributed by atoms with van der Waals surface area (Å²) in [5.41, 5.74) is 9.91. The van der Waals surface area contributed by atoms with Gasteiger partial charge < -0.3 is 36.6 Å². The number of nitrogens with zero attached hydrogens (tertiary/aromatic N) is 4. The first-order chi connectivity index (χ1) is 30.4. The van der Waals surface area contributed by atoms with Gasteiger partial charge in [-0.1, -0.05) is 30.3 Å². The number of carboxylic acid groups (broad SMARTS) is 1. The number of carbonyl (C=O) groups is 5. The second-order valence-electron chi connectivity index (χ2n) is 16.7. The van der Waals surface area contributed by atoms with Crippen LogP contribution in [0.2, 0.25) is 0 Å². The van der Waals surface area contributed by atoms with Gasteiger partial charge in [-0.25, -0.2) is 9.78 Å².